The van der Waals surface area contributed by atoms with Crippen molar-refractivity contribution in [3.8, 4) is 28.5 Å². The fourth-order valence-electron chi connectivity index (χ4n) is 2.51. The quantitative estimate of drug-likeness (QED) is 0.620. The Morgan fingerprint density at radius 1 is 1.13 bits per heavy atom. The minimum atomic E-state index is -0.279. The minimum absolute atomic E-state index is 0.279. The predicted octanol–water partition coefficient (Wildman–Crippen LogP) is 4.03. The van der Waals surface area contributed by atoms with Crippen LogP contribution in [0, 0.1) is 5.82 Å². The standard InChI is InChI=1S/C17H12FN3O2/c1-22-16-7-11-6-14(10-2-4-12(18)5-3-10)23-15(11)8-13(16)17-19-9-20-21-17/h2-9H,1H3,(H,19,20,21). The number of methoxy groups -OCH3 is 1. The van der Waals surface area contributed by atoms with Crippen LogP contribution in [-0.4, -0.2) is 22.3 Å². The zero-order valence-electron chi connectivity index (χ0n) is 12.2. The van der Waals surface area contributed by atoms with E-state index in [2.05, 4.69) is 15.2 Å². The van der Waals surface area contributed by atoms with E-state index in [0.29, 0.717) is 22.9 Å². The lowest BCUT2D eigenvalue weighted by atomic mass is 10.1. The van der Waals surface area contributed by atoms with Crippen LogP contribution in [0.3, 0.4) is 0 Å². The number of benzene rings is 2. The van der Waals surface area contributed by atoms with Crippen molar-refractivity contribution in [2.24, 2.45) is 0 Å². The summed E-state index contributed by atoms with van der Waals surface area (Å²) in [6.07, 6.45) is 1.44. The molecule has 0 fully saturated rings. The molecule has 0 atom stereocenters. The summed E-state index contributed by atoms with van der Waals surface area (Å²) in [7, 11) is 1.60. The number of nitrogens with zero attached hydrogens (tertiary/aromatic N) is 2. The molecule has 4 aromatic rings. The number of nitrogens with one attached hydrogen (secondary N) is 1. The molecular formula is C17H12FN3O2. The Hall–Kier alpha value is -3.15. The van der Waals surface area contributed by atoms with Gasteiger partial charge >= 0.3 is 0 Å². The second-order valence-electron chi connectivity index (χ2n) is 5.04. The van der Waals surface area contributed by atoms with Gasteiger partial charge < -0.3 is 9.15 Å². The molecule has 5 nitrogen and oxygen atoms in total. The van der Waals surface area contributed by atoms with Crippen LogP contribution < -0.4 is 4.74 Å². The molecule has 6 heteroatoms. The van der Waals surface area contributed by atoms with Crippen LogP contribution in [0.5, 0.6) is 5.75 Å². The Morgan fingerprint density at radius 3 is 2.65 bits per heavy atom. The number of fused-ring (bicyclic) bond motifs is 1. The predicted molar refractivity (Wildman–Crippen MR) is 83.5 cm³/mol. The second-order valence-corrected chi connectivity index (χ2v) is 5.04. The molecule has 0 bridgehead atoms. The van der Waals surface area contributed by atoms with Gasteiger partial charge in [0.1, 0.15) is 29.2 Å². The molecule has 23 heavy (non-hydrogen) atoms. The number of furan rings is 1. The van der Waals surface area contributed by atoms with E-state index in [0.717, 1.165) is 16.5 Å². The van der Waals surface area contributed by atoms with Gasteiger partial charge in [-0.25, -0.2) is 9.37 Å². The Labute approximate surface area is 130 Å². The maximum Gasteiger partial charge on any atom is 0.159 e. The molecule has 2 aromatic heterocycles. The van der Waals surface area contributed by atoms with E-state index in [9.17, 15) is 4.39 Å². The molecule has 0 aliphatic carbocycles. The fourth-order valence-corrected chi connectivity index (χ4v) is 2.51. The lowest BCUT2D eigenvalue weighted by molar-refractivity contribution is 0.416. The van der Waals surface area contributed by atoms with Crippen molar-refractivity contribution in [1.82, 2.24) is 15.2 Å². The largest absolute Gasteiger partial charge is 0.496 e. The lowest BCUT2D eigenvalue weighted by Crippen LogP contribution is -1.89. The number of hydrogen-bond donors (Lipinski definition) is 1. The summed E-state index contributed by atoms with van der Waals surface area (Å²) in [5.41, 5.74) is 2.26. The molecule has 1 N–H and O–H groups in total. The van der Waals surface area contributed by atoms with Crippen LogP contribution in [0.2, 0.25) is 0 Å². The zero-order valence-corrected chi connectivity index (χ0v) is 12.2. The first kappa shape index (κ1) is 13.5. The maximum atomic E-state index is 13.1. The molecule has 0 radical (unpaired) electrons. The molecular weight excluding hydrogens is 297 g/mol. The van der Waals surface area contributed by atoms with Crippen molar-refractivity contribution >= 4 is 11.0 Å². The van der Waals surface area contributed by atoms with Gasteiger partial charge in [-0.3, -0.25) is 5.10 Å². The van der Waals surface area contributed by atoms with Crippen LogP contribution >= 0.6 is 0 Å². The molecule has 0 saturated carbocycles. The summed E-state index contributed by atoms with van der Waals surface area (Å²) in [5.74, 6) is 1.65. The lowest BCUT2D eigenvalue weighted by Gasteiger charge is -2.05. The first-order valence-corrected chi connectivity index (χ1v) is 6.98. The topological polar surface area (TPSA) is 63.9 Å². The van der Waals surface area contributed by atoms with Crippen LogP contribution in [0.25, 0.3) is 33.7 Å². The first-order chi connectivity index (χ1) is 11.2. The minimum Gasteiger partial charge on any atom is -0.496 e. The summed E-state index contributed by atoms with van der Waals surface area (Å²) in [5, 5.41) is 7.56. The number of rotatable bonds is 3. The summed E-state index contributed by atoms with van der Waals surface area (Å²) in [6.45, 7) is 0. The molecule has 0 unspecified atom stereocenters. The Balaban J connectivity index is 1.87. The van der Waals surface area contributed by atoms with Crippen molar-refractivity contribution in [3.05, 3.63) is 54.6 Å². The number of halogens is 1. The summed E-state index contributed by atoms with van der Waals surface area (Å²) < 4.78 is 24.4. The van der Waals surface area contributed by atoms with Crippen molar-refractivity contribution in [2.45, 2.75) is 0 Å². The van der Waals surface area contributed by atoms with E-state index in [-0.39, 0.29) is 5.82 Å². The Kier molecular flexibility index (Phi) is 3.08. The molecule has 2 aromatic carbocycles. The van der Waals surface area contributed by atoms with Gasteiger partial charge in [0.25, 0.3) is 0 Å². The second kappa shape index (κ2) is 5.24. The molecule has 4 rings (SSSR count). The summed E-state index contributed by atoms with van der Waals surface area (Å²) >= 11 is 0. The molecule has 0 aliphatic heterocycles. The van der Waals surface area contributed by atoms with E-state index in [1.807, 2.05) is 18.2 Å². The van der Waals surface area contributed by atoms with Gasteiger partial charge in [0.2, 0.25) is 0 Å². The highest BCUT2D eigenvalue weighted by Crippen LogP contribution is 2.36. The summed E-state index contributed by atoms with van der Waals surface area (Å²) in [6, 6.07) is 11.8. The van der Waals surface area contributed by atoms with Gasteiger partial charge in [-0.05, 0) is 42.5 Å². The smallest absolute Gasteiger partial charge is 0.159 e. The van der Waals surface area contributed by atoms with E-state index >= 15 is 0 Å². The third-order valence-corrected chi connectivity index (χ3v) is 3.64. The number of H-pyrrole nitrogens is 1. The van der Waals surface area contributed by atoms with E-state index < -0.39 is 0 Å². The van der Waals surface area contributed by atoms with Crippen molar-refractivity contribution in [2.75, 3.05) is 7.11 Å². The van der Waals surface area contributed by atoms with Crippen LogP contribution in [0.1, 0.15) is 0 Å². The number of hydrogen-bond acceptors (Lipinski definition) is 4. The monoisotopic (exact) mass is 309 g/mol. The third kappa shape index (κ3) is 2.34. The fraction of sp³-hybridized carbons (Fsp3) is 0.0588. The van der Waals surface area contributed by atoms with E-state index in [1.165, 1.54) is 18.5 Å². The van der Waals surface area contributed by atoms with Gasteiger partial charge in [0.05, 0.1) is 12.7 Å². The van der Waals surface area contributed by atoms with Gasteiger partial charge in [-0.2, -0.15) is 5.10 Å². The van der Waals surface area contributed by atoms with Gasteiger partial charge in [0, 0.05) is 10.9 Å². The van der Waals surface area contributed by atoms with Gasteiger partial charge in [-0.1, -0.05) is 0 Å². The molecule has 114 valence electrons. The third-order valence-electron chi connectivity index (χ3n) is 3.64. The van der Waals surface area contributed by atoms with Crippen LogP contribution in [0.4, 0.5) is 4.39 Å². The summed E-state index contributed by atoms with van der Waals surface area (Å²) in [4.78, 5) is 4.15. The highest BCUT2D eigenvalue weighted by atomic mass is 19.1. The maximum absolute atomic E-state index is 13.1. The molecule has 2 heterocycles. The van der Waals surface area contributed by atoms with E-state index in [4.69, 9.17) is 9.15 Å². The average molecular weight is 309 g/mol. The molecule has 0 aliphatic rings. The normalized spacial score (nSPS) is 11.0. The van der Waals surface area contributed by atoms with Gasteiger partial charge in [0.15, 0.2) is 5.82 Å². The molecule has 0 spiro atoms. The first-order valence-electron chi connectivity index (χ1n) is 6.98. The average Bonchev–Trinajstić information content (AvgIpc) is 3.23. The molecule has 0 amide bonds. The van der Waals surface area contributed by atoms with Gasteiger partial charge in [-0.15, -0.1) is 0 Å². The van der Waals surface area contributed by atoms with Crippen LogP contribution in [-0.2, 0) is 0 Å². The number of aromatic amines is 1. The molecule has 0 saturated heterocycles. The number of aromatic nitrogens is 3. The highest BCUT2D eigenvalue weighted by Gasteiger charge is 2.14. The van der Waals surface area contributed by atoms with E-state index in [1.54, 1.807) is 19.2 Å². The SMILES string of the molecule is COc1cc2cc(-c3ccc(F)cc3)oc2cc1-c1ncn[nH]1. The highest BCUT2D eigenvalue weighted by molar-refractivity contribution is 5.89. The Morgan fingerprint density at radius 2 is 1.96 bits per heavy atom. The van der Waals surface area contributed by atoms with Crippen molar-refractivity contribution in [3.63, 3.8) is 0 Å². The Bertz CT molecular complexity index is 960. The van der Waals surface area contributed by atoms with Crippen LogP contribution in [0.15, 0.2) is 53.2 Å². The zero-order chi connectivity index (χ0) is 15.8. The van der Waals surface area contributed by atoms with Crippen molar-refractivity contribution in [1.29, 1.82) is 0 Å². The number of ether oxygens (including phenoxy) is 1. The van der Waals surface area contributed by atoms with Crippen molar-refractivity contribution < 1.29 is 13.5 Å².